The summed E-state index contributed by atoms with van der Waals surface area (Å²) in [4.78, 5) is 16.1. The summed E-state index contributed by atoms with van der Waals surface area (Å²) in [6.07, 6.45) is 5.90. The number of aromatic nitrogens is 2. The number of esters is 1. The fourth-order valence-corrected chi connectivity index (χ4v) is 1.98. The number of imidazole rings is 1. The predicted octanol–water partition coefficient (Wildman–Crippen LogP) is 1.68. The lowest BCUT2D eigenvalue weighted by molar-refractivity contribution is -0.143. The van der Waals surface area contributed by atoms with Crippen LogP contribution in [0.4, 0.5) is 0 Å². The number of rotatable bonds is 6. The van der Waals surface area contributed by atoms with Crippen LogP contribution in [0.15, 0.2) is 12.5 Å². The van der Waals surface area contributed by atoms with Gasteiger partial charge in [0.2, 0.25) is 0 Å². The molecular formula is C13H21N3O2. The van der Waals surface area contributed by atoms with Gasteiger partial charge in [-0.3, -0.25) is 5.32 Å². The summed E-state index contributed by atoms with van der Waals surface area (Å²) >= 11 is 0. The van der Waals surface area contributed by atoms with Crippen LogP contribution >= 0.6 is 0 Å². The molecule has 2 rings (SSSR count). The maximum atomic E-state index is 11.9. The van der Waals surface area contributed by atoms with Gasteiger partial charge < -0.3 is 9.30 Å². The average molecular weight is 251 g/mol. The van der Waals surface area contributed by atoms with E-state index in [1.54, 1.807) is 12.5 Å². The van der Waals surface area contributed by atoms with E-state index in [1.807, 2.05) is 0 Å². The number of hydrogen-bond donors (Lipinski definition) is 1. The highest BCUT2D eigenvalue weighted by atomic mass is 16.5. The molecule has 5 heteroatoms. The molecule has 1 atom stereocenters. The van der Waals surface area contributed by atoms with E-state index in [9.17, 15) is 4.79 Å². The predicted molar refractivity (Wildman–Crippen MR) is 68.1 cm³/mol. The Labute approximate surface area is 108 Å². The van der Waals surface area contributed by atoms with Crippen LogP contribution in [0.2, 0.25) is 0 Å². The van der Waals surface area contributed by atoms with Gasteiger partial charge in [0.25, 0.3) is 0 Å². The zero-order valence-corrected chi connectivity index (χ0v) is 11.2. The molecule has 1 aromatic rings. The summed E-state index contributed by atoms with van der Waals surface area (Å²) in [5, 5.41) is 3.26. The third-order valence-electron chi connectivity index (χ3n) is 3.10. The van der Waals surface area contributed by atoms with Crippen LogP contribution in [0.25, 0.3) is 0 Å². The first-order valence-electron chi connectivity index (χ1n) is 6.46. The minimum atomic E-state index is -0.416. The standard InChI is InChI=1S/C13H21N3O2/c1-9(2)6-15-12(13(17)18-3)11-7-14-8-16(11)10-4-5-10/h7-10,12,15H,4-6H2,1-3H3. The summed E-state index contributed by atoms with van der Waals surface area (Å²) in [5.74, 6) is 0.229. The number of nitrogens with zero attached hydrogens (tertiary/aromatic N) is 2. The SMILES string of the molecule is COC(=O)C(NCC(C)C)c1cncn1C1CC1. The van der Waals surface area contributed by atoms with Gasteiger partial charge in [-0.2, -0.15) is 0 Å². The van der Waals surface area contributed by atoms with Crippen LogP contribution < -0.4 is 5.32 Å². The van der Waals surface area contributed by atoms with Gasteiger partial charge in [0.15, 0.2) is 0 Å². The molecule has 1 N–H and O–H groups in total. The molecule has 0 bridgehead atoms. The van der Waals surface area contributed by atoms with E-state index in [0.717, 1.165) is 12.2 Å². The Hall–Kier alpha value is -1.36. The molecular weight excluding hydrogens is 230 g/mol. The summed E-state index contributed by atoms with van der Waals surface area (Å²) in [5.41, 5.74) is 0.907. The lowest BCUT2D eigenvalue weighted by Gasteiger charge is -2.19. The average Bonchev–Trinajstić information content (AvgIpc) is 3.08. The van der Waals surface area contributed by atoms with Gasteiger partial charge in [-0.25, -0.2) is 9.78 Å². The van der Waals surface area contributed by atoms with Gasteiger partial charge in [-0.1, -0.05) is 13.8 Å². The molecule has 18 heavy (non-hydrogen) atoms. The second kappa shape index (κ2) is 5.52. The summed E-state index contributed by atoms with van der Waals surface area (Å²) in [6, 6.07) is 0.0935. The Kier molecular flexibility index (Phi) is 4.01. The van der Waals surface area contributed by atoms with E-state index in [-0.39, 0.29) is 5.97 Å². The third kappa shape index (κ3) is 2.90. The third-order valence-corrected chi connectivity index (χ3v) is 3.10. The van der Waals surface area contributed by atoms with E-state index in [2.05, 4.69) is 28.7 Å². The van der Waals surface area contributed by atoms with Crippen molar-refractivity contribution in [2.24, 2.45) is 5.92 Å². The van der Waals surface area contributed by atoms with E-state index in [0.29, 0.717) is 12.0 Å². The molecule has 1 aliphatic rings. The van der Waals surface area contributed by atoms with Gasteiger partial charge in [-0.05, 0) is 25.3 Å². The number of hydrogen-bond acceptors (Lipinski definition) is 4. The van der Waals surface area contributed by atoms with Gasteiger partial charge in [0, 0.05) is 6.04 Å². The number of carbonyl (C=O) groups excluding carboxylic acids is 1. The molecule has 100 valence electrons. The topological polar surface area (TPSA) is 56.1 Å². The molecule has 1 saturated carbocycles. The highest BCUT2D eigenvalue weighted by molar-refractivity contribution is 5.76. The molecule has 1 unspecified atom stereocenters. The Morgan fingerprint density at radius 2 is 2.33 bits per heavy atom. The lowest BCUT2D eigenvalue weighted by Crippen LogP contribution is -2.33. The van der Waals surface area contributed by atoms with Crippen LogP contribution in [-0.4, -0.2) is 29.2 Å². The lowest BCUT2D eigenvalue weighted by atomic mass is 10.1. The molecule has 0 spiro atoms. The summed E-state index contributed by atoms with van der Waals surface area (Å²) in [7, 11) is 1.42. The van der Waals surface area contributed by atoms with Crippen molar-refractivity contribution in [2.45, 2.75) is 38.8 Å². The minimum absolute atomic E-state index is 0.252. The molecule has 0 saturated heterocycles. The maximum absolute atomic E-state index is 11.9. The quantitative estimate of drug-likeness (QED) is 0.781. The molecule has 1 fully saturated rings. The van der Waals surface area contributed by atoms with Crippen molar-refractivity contribution in [3.63, 3.8) is 0 Å². The van der Waals surface area contributed by atoms with Crippen molar-refractivity contribution < 1.29 is 9.53 Å². The molecule has 1 aliphatic carbocycles. The van der Waals surface area contributed by atoms with E-state index >= 15 is 0 Å². The minimum Gasteiger partial charge on any atom is -0.468 e. The maximum Gasteiger partial charge on any atom is 0.329 e. The van der Waals surface area contributed by atoms with Gasteiger partial charge in [0.05, 0.1) is 25.3 Å². The zero-order valence-electron chi connectivity index (χ0n) is 11.2. The smallest absolute Gasteiger partial charge is 0.329 e. The van der Waals surface area contributed by atoms with Crippen LogP contribution in [0, 0.1) is 5.92 Å². The molecule has 0 amide bonds. The van der Waals surface area contributed by atoms with Gasteiger partial charge >= 0.3 is 5.97 Å². The van der Waals surface area contributed by atoms with E-state index < -0.39 is 6.04 Å². The van der Waals surface area contributed by atoms with E-state index in [4.69, 9.17) is 4.74 Å². The van der Waals surface area contributed by atoms with Crippen molar-refractivity contribution in [3.05, 3.63) is 18.2 Å². The van der Waals surface area contributed by atoms with Crippen LogP contribution in [-0.2, 0) is 9.53 Å². The Bertz CT molecular complexity index is 410. The van der Waals surface area contributed by atoms with Gasteiger partial charge in [0.1, 0.15) is 6.04 Å². The van der Waals surface area contributed by atoms with Crippen LogP contribution in [0.5, 0.6) is 0 Å². The van der Waals surface area contributed by atoms with Crippen molar-refractivity contribution >= 4 is 5.97 Å². The monoisotopic (exact) mass is 251 g/mol. The Morgan fingerprint density at radius 1 is 1.61 bits per heavy atom. The van der Waals surface area contributed by atoms with Crippen LogP contribution in [0.1, 0.15) is 44.5 Å². The van der Waals surface area contributed by atoms with Crippen LogP contribution in [0.3, 0.4) is 0 Å². The van der Waals surface area contributed by atoms with Crippen molar-refractivity contribution in [2.75, 3.05) is 13.7 Å². The highest BCUT2D eigenvalue weighted by Gasteiger charge is 2.31. The first kappa shape index (κ1) is 13.1. The number of nitrogens with one attached hydrogen (secondary N) is 1. The molecule has 0 aromatic carbocycles. The molecule has 0 radical (unpaired) electrons. The number of carbonyl (C=O) groups is 1. The molecule has 0 aliphatic heterocycles. The van der Waals surface area contributed by atoms with Crippen molar-refractivity contribution in [1.82, 2.24) is 14.9 Å². The Morgan fingerprint density at radius 3 is 2.89 bits per heavy atom. The number of ether oxygens (including phenoxy) is 1. The fraction of sp³-hybridized carbons (Fsp3) is 0.692. The number of methoxy groups -OCH3 is 1. The zero-order chi connectivity index (χ0) is 13.1. The first-order valence-corrected chi connectivity index (χ1v) is 6.46. The van der Waals surface area contributed by atoms with E-state index in [1.165, 1.54) is 20.0 Å². The molecule has 1 heterocycles. The fourth-order valence-electron chi connectivity index (χ4n) is 1.98. The largest absolute Gasteiger partial charge is 0.468 e. The van der Waals surface area contributed by atoms with Crippen molar-refractivity contribution in [1.29, 1.82) is 0 Å². The summed E-state index contributed by atoms with van der Waals surface area (Å²) in [6.45, 7) is 4.99. The van der Waals surface area contributed by atoms with Crippen molar-refractivity contribution in [3.8, 4) is 0 Å². The second-order valence-electron chi connectivity index (χ2n) is 5.22. The molecule has 5 nitrogen and oxygen atoms in total. The Balaban J connectivity index is 2.16. The normalized spacial score (nSPS) is 16.9. The molecule has 1 aromatic heterocycles. The van der Waals surface area contributed by atoms with Gasteiger partial charge in [-0.15, -0.1) is 0 Å². The summed E-state index contributed by atoms with van der Waals surface area (Å²) < 4.78 is 6.97. The second-order valence-corrected chi connectivity index (χ2v) is 5.22. The first-order chi connectivity index (χ1) is 8.63. The highest BCUT2D eigenvalue weighted by Crippen LogP contribution is 2.37.